The fraction of sp³-hybridized carbons (Fsp3) is 0.833. The van der Waals surface area contributed by atoms with Gasteiger partial charge in [0.25, 0.3) is 0 Å². The maximum absolute atomic E-state index is 11.5. The first-order valence-electron chi connectivity index (χ1n) is 6.53. The summed E-state index contributed by atoms with van der Waals surface area (Å²) in [6.45, 7) is 5.13. The molecule has 110 valence electrons. The van der Waals surface area contributed by atoms with E-state index in [4.69, 9.17) is 14.6 Å². The number of rotatable bonds is 7. The second-order valence-electron chi connectivity index (χ2n) is 4.58. The number of hydrogen-bond donors (Lipinski definition) is 3. The number of nitrogens with one attached hydrogen (secondary N) is 2. The lowest BCUT2D eigenvalue weighted by Gasteiger charge is -2.16. The highest BCUT2D eigenvalue weighted by Crippen LogP contribution is 2.19. The molecule has 1 fully saturated rings. The van der Waals surface area contributed by atoms with E-state index in [-0.39, 0.29) is 18.2 Å². The van der Waals surface area contributed by atoms with Crippen molar-refractivity contribution in [1.82, 2.24) is 10.6 Å². The number of carbonyl (C=O) groups is 2. The van der Waals surface area contributed by atoms with Crippen molar-refractivity contribution in [3.63, 3.8) is 0 Å². The minimum absolute atomic E-state index is 0.0729. The van der Waals surface area contributed by atoms with Crippen LogP contribution in [-0.2, 0) is 14.3 Å². The van der Waals surface area contributed by atoms with Crippen LogP contribution in [0.15, 0.2) is 0 Å². The predicted molar refractivity (Wildman–Crippen MR) is 68.0 cm³/mol. The van der Waals surface area contributed by atoms with Crippen molar-refractivity contribution in [2.24, 2.45) is 0 Å². The lowest BCUT2D eigenvalue weighted by Crippen LogP contribution is -2.45. The maximum atomic E-state index is 11.5. The fourth-order valence-electron chi connectivity index (χ4n) is 1.86. The normalized spacial score (nSPS) is 23.9. The number of ether oxygens (including phenoxy) is 2. The van der Waals surface area contributed by atoms with Gasteiger partial charge in [-0.1, -0.05) is 0 Å². The average Bonchev–Trinajstić information content (AvgIpc) is 2.83. The quantitative estimate of drug-likeness (QED) is 0.622. The van der Waals surface area contributed by atoms with Crippen molar-refractivity contribution < 1.29 is 24.2 Å². The molecule has 0 aliphatic carbocycles. The highest BCUT2D eigenvalue weighted by molar-refractivity contribution is 5.74. The molecule has 0 aromatic rings. The van der Waals surface area contributed by atoms with Gasteiger partial charge in [-0.05, 0) is 26.7 Å². The van der Waals surface area contributed by atoms with Crippen LogP contribution >= 0.6 is 0 Å². The van der Waals surface area contributed by atoms with Crippen LogP contribution in [0.3, 0.4) is 0 Å². The number of carbonyl (C=O) groups excluding carboxylic acids is 1. The smallest absolute Gasteiger partial charge is 0.332 e. The number of carboxylic acid groups (broad SMARTS) is 1. The molecule has 0 aromatic carbocycles. The Hall–Kier alpha value is -1.34. The van der Waals surface area contributed by atoms with Crippen LogP contribution in [0, 0.1) is 0 Å². The van der Waals surface area contributed by atoms with E-state index in [1.807, 2.05) is 13.8 Å². The van der Waals surface area contributed by atoms with Crippen LogP contribution in [-0.4, -0.2) is 55.1 Å². The summed E-state index contributed by atoms with van der Waals surface area (Å²) in [7, 11) is 0. The van der Waals surface area contributed by atoms with Crippen LogP contribution in [0.4, 0.5) is 4.79 Å². The van der Waals surface area contributed by atoms with Gasteiger partial charge in [0, 0.05) is 13.2 Å². The van der Waals surface area contributed by atoms with E-state index in [2.05, 4.69) is 10.6 Å². The number of amides is 2. The van der Waals surface area contributed by atoms with E-state index in [0.29, 0.717) is 32.6 Å². The number of urea groups is 1. The van der Waals surface area contributed by atoms with E-state index < -0.39 is 12.1 Å². The van der Waals surface area contributed by atoms with Crippen LogP contribution in [0.1, 0.15) is 26.7 Å². The first-order chi connectivity index (χ1) is 9.02. The van der Waals surface area contributed by atoms with E-state index >= 15 is 0 Å². The van der Waals surface area contributed by atoms with Crippen molar-refractivity contribution in [2.45, 2.75) is 44.9 Å². The monoisotopic (exact) mass is 274 g/mol. The van der Waals surface area contributed by atoms with Crippen molar-refractivity contribution in [2.75, 3.05) is 19.8 Å². The molecular weight excluding hydrogens is 252 g/mol. The molecule has 3 unspecified atom stereocenters. The zero-order chi connectivity index (χ0) is 14.3. The Morgan fingerprint density at radius 1 is 1.47 bits per heavy atom. The molecule has 3 N–H and O–H groups in total. The summed E-state index contributed by atoms with van der Waals surface area (Å²) in [6.07, 6.45) is 0.163. The molecule has 7 nitrogen and oxygen atoms in total. The summed E-state index contributed by atoms with van der Waals surface area (Å²) in [5.41, 5.74) is 0. The molecule has 0 spiro atoms. The number of hydrogen-bond acceptors (Lipinski definition) is 4. The van der Waals surface area contributed by atoms with Crippen molar-refractivity contribution in [3.8, 4) is 0 Å². The average molecular weight is 274 g/mol. The van der Waals surface area contributed by atoms with E-state index in [1.54, 1.807) is 0 Å². The largest absolute Gasteiger partial charge is 0.479 e. The van der Waals surface area contributed by atoms with Gasteiger partial charge in [0.05, 0.1) is 18.8 Å². The van der Waals surface area contributed by atoms with Gasteiger partial charge in [0.15, 0.2) is 6.10 Å². The molecule has 1 rings (SSSR count). The number of carboxylic acids is 1. The molecule has 0 aromatic heterocycles. The first-order valence-corrected chi connectivity index (χ1v) is 6.53. The molecular formula is C12H22N2O5. The Labute approximate surface area is 112 Å². The Morgan fingerprint density at radius 3 is 2.79 bits per heavy atom. The Balaban J connectivity index is 2.15. The minimum atomic E-state index is -0.947. The zero-order valence-corrected chi connectivity index (χ0v) is 11.3. The van der Waals surface area contributed by atoms with E-state index in [0.717, 1.165) is 0 Å². The van der Waals surface area contributed by atoms with Gasteiger partial charge in [-0.2, -0.15) is 0 Å². The minimum Gasteiger partial charge on any atom is -0.479 e. The van der Waals surface area contributed by atoms with Crippen molar-refractivity contribution in [1.29, 1.82) is 0 Å². The molecule has 2 amide bonds. The lowest BCUT2D eigenvalue weighted by atomic mass is 10.2. The van der Waals surface area contributed by atoms with Gasteiger partial charge >= 0.3 is 12.0 Å². The summed E-state index contributed by atoms with van der Waals surface area (Å²) in [4.78, 5) is 22.2. The molecule has 3 atom stereocenters. The fourth-order valence-corrected chi connectivity index (χ4v) is 1.86. The molecule has 0 bridgehead atoms. The molecule has 1 aliphatic heterocycles. The Morgan fingerprint density at radius 2 is 2.21 bits per heavy atom. The van der Waals surface area contributed by atoms with E-state index in [9.17, 15) is 9.59 Å². The first kappa shape index (κ1) is 15.7. The third kappa shape index (κ3) is 5.89. The summed E-state index contributed by atoms with van der Waals surface area (Å²) in [5.74, 6) is -0.947. The van der Waals surface area contributed by atoms with Gasteiger partial charge in [-0.3, -0.25) is 0 Å². The van der Waals surface area contributed by atoms with Gasteiger partial charge in [0.1, 0.15) is 0 Å². The summed E-state index contributed by atoms with van der Waals surface area (Å²) in [5, 5.41) is 14.2. The lowest BCUT2D eigenvalue weighted by molar-refractivity contribution is -0.149. The van der Waals surface area contributed by atoms with Crippen molar-refractivity contribution >= 4 is 12.0 Å². The summed E-state index contributed by atoms with van der Waals surface area (Å²) < 4.78 is 10.5. The van der Waals surface area contributed by atoms with Crippen LogP contribution in [0.2, 0.25) is 0 Å². The van der Waals surface area contributed by atoms with E-state index in [1.165, 1.54) is 0 Å². The second-order valence-corrected chi connectivity index (χ2v) is 4.58. The predicted octanol–water partition coefficient (Wildman–Crippen LogP) is 0.343. The summed E-state index contributed by atoms with van der Waals surface area (Å²) >= 11 is 0. The molecule has 1 saturated heterocycles. The molecule has 7 heteroatoms. The highest BCUT2D eigenvalue weighted by atomic mass is 16.5. The van der Waals surface area contributed by atoms with Gasteiger partial charge in [0.2, 0.25) is 0 Å². The number of aliphatic carboxylic acids is 1. The van der Waals surface area contributed by atoms with Gasteiger partial charge < -0.3 is 25.2 Å². The zero-order valence-electron chi connectivity index (χ0n) is 11.3. The Bertz CT molecular complexity index is 310. The SMILES string of the molecule is CCOCC(C)NC(=O)NCC1CCC(C(=O)O)O1. The second kappa shape index (κ2) is 7.96. The van der Waals surface area contributed by atoms with Gasteiger partial charge in [-0.25, -0.2) is 9.59 Å². The van der Waals surface area contributed by atoms with Gasteiger partial charge in [-0.15, -0.1) is 0 Å². The van der Waals surface area contributed by atoms with Crippen LogP contribution < -0.4 is 10.6 Å². The summed E-state index contributed by atoms with van der Waals surface area (Å²) in [6, 6.07) is -0.370. The molecule has 0 radical (unpaired) electrons. The third-order valence-corrected chi connectivity index (χ3v) is 2.82. The molecule has 0 saturated carbocycles. The molecule has 1 aliphatic rings. The third-order valence-electron chi connectivity index (χ3n) is 2.82. The van der Waals surface area contributed by atoms with Crippen LogP contribution in [0.5, 0.6) is 0 Å². The molecule has 19 heavy (non-hydrogen) atoms. The highest BCUT2D eigenvalue weighted by Gasteiger charge is 2.30. The van der Waals surface area contributed by atoms with Crippen molar-refractivity contribution in [3.05, 3.63) is 0 Å². The maximum Gasteiger partial charge on any atom is 0.332 e. The van der Waals surface area contributed by atoms with Crippen LogP contribution in [0.25, 0.3) is 0 Å². The standard InChI is InChI=1S/C12H22N2O5/c1-3-18-7-8(2)14-12(17)13-6-9-4-5-10(19-9)11(15)16/h8-10H,3-7H2,1-2H3,(H,15,16)(H2,13,14,17). The topological polar surface area (TPSA) is 96.9 Å². The molecule has 1 heterocycles. The Kier molecular flexibility index (Phi) is 6.58.